The lowest BCUT2D eigenvalue weighted by Gasteiger charge is -2.02. The molecule has 0 aromatic rings. The van der Waals surface area contributed by atoms with Gasteiger partial charge in [0.25, 0.3) is 9.84 Å². The van der Waals surface area contributed by atoms with Crippen molar-refractivity contribution < 1.29 is 35.6 Å². The Balaban J connectivity index is 0. The van der Waals surface area contributed by atoms with Crippen molar-refractivity contribution in [2.24, 2.45) is 0 Å². The largest absolute Gasteiger partial charge is 0.695 e. The number of sulfone groups is 1. The van der Waals surface area contributed by atoms with E-state index in [9.17, 15) is 26.2 Å². The van der Waals surface area contributed by atoms with Crippen molar-refractivity contribution in [2.45, 2.75) is 32.2 Å². The molecule has 0 saturated carbocycles. The molecule has 0 aliphatic rings. The SMILES string of the molecule is CCCC.O=[P+](O)OCS(=O)(=O)C(F)(F)F. The molecule has 0 amide bonds. The first-order chi connectivity index (χ1) is 7.08. The third-order valence-corrected chi connectivity index (χ3v) is 2.83. The van der Waals surface area contributed by atoms with E-state index in [2.05, 4.69) is 18.4 Å². The summed E-state index contributed by atoms with van der Waals surface area (Å²) in [6.45, 7) is 4.36. The first-order valence-electron chi connectivity index (χ1n) is 4.16. The molecule has 0 aromatic heterocycles. The Labute approximate surface area is 92.5 Å². The molecule has 0 aliphatic carbocycles. The summed E-state index contributed by atoms with van der Waals surface area (Å²) in [7, 11) is -8.80. The van der Waals surface area contributed by atoms with Gasteiger partial charge in [0.05, 0.1) is 0 Å². The number of rotatable bonds is 4. The summed E-state index contributed by atoms with van der Waals surface area (Å²) in [6.07, 6.45) is 2.64. The van der Waals surface area contributed by atoms with Crippen LogP contribution in [0.1, 0.15) is 26.7 Å². The normalized spacial score (nSPS) is 12.8. The van der Waals surface area contributed by atoms with E-state index < -0.39 is 29.5 Å². The van der Waals surface area contributed by atoms with Crippen LogP contribution in [-0.4, -0.2) is 24.8 Å². The minimum Gasteiger partial charge on any atom is -0.217 e. The van der Waals surface area contributed by atoms with Crippen LogP contribution in [0.15, 0.2) is 0 Å². The lowest BCUT2D eigenvalue weighted by Crippen LogP contribution is -2.26. The summed E-state index contributed by atoms with van der Waals surface area (Å²) in [4.78, 5) is 7.84. The zero-order chi connectivity index (χ0) is 13.4. The highest BCUT2D eigenvalue weighted by Gasteiger charge is 2.47. The van der Waals surface area contributed by atoms with Gasteiger partial charge in [-0.2, -0.15) is 13.2 Å². The van der Waals surface area contributed by atoms with Gasteiger partial charge in [-0.1, -0.05) is 26.7 Å². The fraction of sp³-hybridized carbons (Fsp3) is 1.00. The summed E-state index contributed by atoms with van der Waals surface area (Å²) in [6, 6.07) is 0. The maximum atomic E-state index is 11.4. The average molecular weight is 285 g/mol. The molecule has 0 bridgehead atoms. The zero-order valence-corrected chi connectivity index (χ0v) is 10.4. The van der Waals surface area contributed by atoms with Crippen LogP contribution in [0.4, 0.5) is 13.2 Å². The van der Waals surface area contributed by atoms with Crippen molar-refractivity contribution in [3.63, 3.8) is 0 Å². The van der Waals surface area contributed by atoms with Crippen molar-refractivity contribution in [3.05, 3.63) is 0 Å². The molecule has 10 heteroatoms. The Morgan fingerprint density at radius 3 is 1.81 bits per heavy atom. The quantitative estimate of drug-likeness (QED) is 0.802. The number of halogens is 3. The minimum atomic E-state index is -5.46. The maximum absolute atomic E-state index is 11.4. The van der Waals surface area contributed by atoms with E-state index >= 15 is 0 Å². The van der Waals surface area contributed by atoms with Crippen molar-refractivity contribution in [3.8, 4) is 0 Å². The molecule has 1 N–H and O–H groups in total. The Bertz CT molecular complexity index is 298. The molecule has 5 nitrogen and oxygen atoms in total. The van der Waals surface area contributed by atoms with Crippen LogP contribution in [0.25, 0.3) is 0 Å². The molecule has 1 unspecified atom stereocenters. The monoisotopic (exact) mass is 285 g/mol. The van der Waals surface area contributed by atoms with Crippen LogP contribution in [-0.2, 0) is 18.9 Å². The van der Waals surface area contributed by atoms with Gasteiger partial charge in [0, 0.05) is 4.57 Å². The second-order valence-corrected chi connectivity index (χ2v) is 5.21. The Hall–Kier alpha value is -0.240. The summed E-state index contributed by atoms with van der Waals surface area (Å²) in [5, 5.41) is 0. The van der Waals surface area contributed by atoms with Crippen LogP contribution >= 0.6 is 8.25 Å². The highest BCUT2D eigenvalue weighted by molar-refractivity contribution is 7.92. The lowest BCUT2D eigenvalue weighted by atomic mass is 10.4. The van der Waals surface area contributed by atoms with Crippen molar-refractivity contribution in [2.75, 3.05) is 5.94 Å². The summed E-state index contributed by atoms with van der Waals surface area (Å²) in [5.74, 6) is -1.85. The summed E-state index contributed by atoms with van der Waals surface area (Å²) < 4.78 is 67.5. The van der Waals surface area contributed by atoms with Gasteiger partial charge >= 0.3 is 13.8 Å². The fourth-order valence-electron chi connectivity index (χ4n) is 0.181. The van der Waals surface area contributed by atoms with Crippen LogP contribution < -0.4 is 0 Å². The second kappa shape index (κ2) is 7.94. The van der Waals surface area contributed by atoms with E-state index in [1.807, 2.05) is 0 Å². The summed E-state index contributed by atoms with van der Waals surface area (Å²) in [5.41, 5.74) is -5.46. The predicted octanol–water partition coefficient (Wildman–Crippen LogP) is 2.35. The van der Waals surface area contributed by atoms with Crippen LogP contribution in [0.3, 0.4) is 0 Å². The molecule has 98 valence electrons. The Morgan fingerprint density at radius 1 is 1.25 bits per heavy atom. The summed E-state index contributed by atoms with van der Waals surface area (Å²) >= 11 is 0. The molecule has 0 radical (unpaired) electrons. The molecular formula is C6H13F3O5PS+. The second-order valence-electron chi connectivity index (χ2n) is 2.55. The van der Waals surface area contributed by atoms with E-state index in [0.717, 1.165) is 0 Å². The number of hydrogen-bond donors (Lipinski definition) is 1. The zero-order valence-electron chi connectivity index (χ0n) is 8.69. The van der Waals surface area contributed by atoms with Gasteiger partial charge in [-0.15, -0.1) is 9.42 Å². The molecule has 0 aliphatic heterocycles. The molecule has 0 rings (SSSR count). The van der Waals surface area contributed by atoms with Crippen LogP contribution in [0, 0.1) is 0 Å². The van der Waals surface area contributed by atoms with Gasteiger partial charge in [0.1, 0.15) is 0 Å². The molecule has 0 saturated heterocycles. The maximum Gasteiger partial charge on any atom is 0.695 e. The third kappa shape index (κ3) is 9.02. The van der Waals surface area contributed by atoms with E-state index in [0.29, 0.717) is 0 Å². The Morgan fingerprint density at radius 2 is 1.62 bits per heavy atom. The van der Waals surface area contributed by atoms with Gasteiger partial charge in [-0.25, -0.2) is 8.42 Å². The van der Waals surface area contributed by atoms with Crippen molar-refractivity contribution in [1.82, 2.24) is 0 Å². The molecule has 0 spiro atoms. The topological polar surface area (TPSA) is 80.7 Å². The highest BCUT2D eigenvalue weighted by Crippen LogP contribution is 2.26. The van der Waals surface area contributed by atoms with Gasteiger partial charge < -0.3 is 0 Å². The number of alkyl halides is 3. The Kier molecular flexibility index (Phi) is 9.00. The molecule has 0 fully saturated rings. The lowest BCUT2D eigenvalue weighted by molar-refractivity contribution is -0.0448. The molecule has 16 heavy (non-hydrogen) atoms. The molecule has 0 aromatic carbocycles. The number of unbranched alkanes of at least 4 members (excludes halogenated alkanes) is 1. The van der Waals surface area contributed by atoms with E-state index in [-0.39, 0.29) is 0 Å². The van der Waals surface area contributed by atoms with Gasteiger partial charge in [-0.05, 0) is 0 Å². The predicted molar refractivity (Wildman–Crippen MR) is 51.3 cm³/mol. The van der Waals surface area contributed by atoms with Crippen LogP contribution in [0.5, 0.6) is 0 Å². The van der Waals surface area contributed by atoms with Crippen molar-refractivity contribution >= 4 is 18.1 Å². The average Bonchev–Trinajstić information content (AvgIpc) is 2.13. The van der Waals surface area contributed by atoms with Crippen molar-refractivity contribution in [1.29, 1.82) is 0 Å². The first-order valence-corrected chi connectivity index (χ1v) is 6.94. The molecule has 0 heterocycles. The van der Waals surface area contributed by atoms with Gasteiger partial charge in [-0.3, -0.25) is 0 Å². The fourth-order valence-corrected chi connectivity index (χ4v) is 1.23. The van der Waals surface area contributed by atoms with Crippen LogP contribution in [0.2, 0.25) is 0 Å². The number of hydrogen-bond acceptors (Lipinski definition) is 4. The van der Waals surface area contributed by atoms with Gasteiger partial charge in [0.2, 0.25) is 5.94 Å². The minimum absolute atomic E-state index is 1.32. The highest BCUT2D eigenvalue weighted by atomic mass is 32.2. The smallest absolute Gasteiger partial charge is 0.217 e. The van der Waals surface area contributed by atoms with E-state index in [1.54, 1.807) is 0 Å². The van der Waals surface area contributed by atoms with E-state index in [1.165, 1.54) is 12.8 Å². The van der Waals surface area contributed by atoms with Gasteiger partial charge in [0.15, 0.2) is 0 Å². The third-order valence-electron chi connectivity index (χ3n) is 1.17. The standard InChI is InChI=1S/C4H10.C2H2F3O5PS/c1-3-4-2;3-2(4,5)12(8,9)1-10-11(6)7/h3-4H2,1-2H3;1H2/p+1. The first kappa shape index (κ1) is 18.1. The molecular weight excluding hydrogens is 272 g/mol. The van der Waals surface area contributed by atoms with E-state index in [4.69, 9.17) is 4.89 Å². The molecule has 1 atom stereocenters.